The lowest BCUT2D eigenvalue weighted by molar-refractivity contribution is 0.281. The summed E-state index contributed by atoms with van der Waals surface area (Å²) in [6, 6.07) is 4.01. The van der Waals surface area contributed by atoms with Gasteiger partial charge in [-0.25, -0.2) is 4.98 Å². The molecule has 2 rings (SSSR count). The van der Waals surface area contributed by atoms with Gasteiger partial charge in [-0.15, -0.1) is 11.3 Å². The SMILES string of the molecule is Cc1cc2ncsc2cc1CO. The number of rotatable bonds is 1. The zero-order chi connectivity index (χ0) is 8.55. The first-order chi connectivity index (χ1) is 5.81. The third-order valence-electron chi connectivity index (χ3n) is 1.96. The summed E-state index contributed by atoms with van der Waals surface area (Å²) in [7, 11) is 0. The summed E-state index contributed by atoms with van der Waals surface area (Å²) in [6.07, 6.45) is 0. The zero-order valence-corrected chi connectivity index (χ0v) is 7.56. The molecule has 0 saturated heterocycles. The minimum atomic E-state index is 0.111. The van der Waals surface area contributed by atoms with E-state index in [1.54, 1.807) is 11.3 Å². The Labute approximate surface area is 74.5 Å². The second-order valence-electron chi connectivity index (χ2n) is 2.76. The molecule has 0 amide bonds. The van der Waals surface area contributed by atoms with Gasteiger partial charge < -0.3 is 5.11 Å². The molecule has 0 radical (unpaired) electrons. The third kappa shape index (κ3) is 1.11. The summed E-state index contributed by atoms with van der Waals surface area (Å²) >= 11 is 1.60. The van der Waals surface area contributed by atoms with E-state index in [0.717, 1.165) is 21.3 Å². The summed E-state index contributed by atoms with van der Waals surface area (Å²) in [4.78, 5) is 4.19. The van der Waals surface area contributed by atoms with Crippen molar-refractivity contribution in [1.82, 2.24) is 4.98 Å². The van der Waals surface area contributed by atoms with Gasteiger partial charge in [0.25, 0.3) is 0 Å². The number of aliphatic hydroxyl groups excluding tert-OH is 1. The number of aryl methyl sites for hydroxylation is 1. The van der Waals surface area contributed by atoms with Crippen LogP contribution < -0.4 is 0 Å². The van der Waals surface area contributed by atoms with Crippen molar-refractivity contribution < 1.29 is 5.11 Å². The fourth-order valence-corrected chi connectivity index (χ4v) is 1.94. The van der Waals surface area contributed by atoms with Gasteiger partial charge >= 0.3 is 0 Å². The highest BCUT2D eigenvalue weighted by Gasteiger charge is 2.01. The fourth-order valence-electron chi connectivity index (χ4n) is 1.22. The molecular weight excluding hydrogens is 170 g/mol. The van der Waals surface area contributed by atoms with E-state index in [1.165, 1.54) is 0 Å². The van der Waals surface area contributed by atoms with Crippen LogP contribution in [-0.2, 0) is 6.61 Å². The molecule has 0 bridgehead atoms. The Morgan fingerprint density at radius 1 is 1.50 bits per heavy atom. The Balaban J connectivity index is 2.73. The summed E-state index contributed by atoms with van der Waals surface area (Å²) in [5.41, 5.74) is 4.95. The summed E-state index contributed by atoms with van der Waals surface area (Å²) in [6.45, 7) is 2.10. The van der Waals surface area contributed by atoms with E-state index in [4.69, 9.17) is 5.11 Å². The molecular formula is C9H9NOS. The molecule has 1 N–H and O–H groups in total. The monoisotopic (exact) mass is 179 g/mol. The van der Waals surface area contributed by atoms with Gasteiger partial charge in [0.2, 0.25) is 0 Å². The van der Waals surface area contributed by atoms with Gasteiger partial charge in [-0.2, -0.15) is 0 Å². The van der Waals surface area contributed by atoms with Gasteiger partial charge in [0.1, 0.15) is 0 Å². The van der Waals surface area contributed by atoms with Gasteiger partial charge in [-0.1, -0.05) is 0 Å². The van der Waals surface area contributed by atoms with Gasteiger partial charge in [-0.05, 0) is 30.2 Å². The number of nitrogens with zero attached hydrogens (tertiary/aromatic N) is 1. The Morgan fingerprint density at radius 2 is 2.33 bits per heavy atom. The number of thiazole rings is 1. The van der Waals surface area contributed by atoms with Crippen LogP contribution >= 0.6 is 11.3 Å². The second kappa shape index (κ2) is 2.84. The number of hydrogen-bond donors (Lipinski definition) is 1. The Kier molecular flexibility index (Phi) is 1.83. The first-order valence-corrected chi connectivity index (χ1v) is 4.63. The van der Waals surface area contributed by atoms with Gasteiger partial charge in [0.05, 0.1) is 22.3 Å². The van der Waals surface area contributed by atoms with Gasteiger partial charge in [0.15, 0.2) is 0 Å². The average Bonchev–Trinajstić information content (AvgIpc) is 2.49. The van der Waals surface area contributed by atoms with Crippen molar-refractivity contribution in [2.45, 2.75) is 13.5 Å². The molecule has 2 aromatic rings. The van der Waals surface area contributed by atoms with Crippen LogP contribution in [0.25, 0.3) is 10.2 Å². The molecule has 1 heterocycles. The van der Waals surface area contributed by atoms with Crippen LogP contribution in [0.5, 0.6) is 0 Å². The number of benzene rings is 1. The second-order valence-corrected chi connectivity index (χ2v) is 3.64. The highest BCUT2D eigenvalue weighted by Crippen LogP contribution is 2.21. The summed E-state index contributed by atoms with van der Waals surface area (Å²) in [5, 5.41) is 9.00. The van der Waals surface area contributed by atoms with Crippen molar-refractivity contribution in [3.63, 3.8) is 0 Å². The predicted molar refractivity (Wildman–Crippen MR) is 50.3 cm³/mol. The van der Waals surface area contributed by atoms with Crippen molar-refractivity contribution >= 4 is 21.6 Å². The van der Waals surface area contributed by atoms with Crippen LogP contribution in [0, 0.1) is 6.92 Å². The van der Waals surface area contributed by atoms with Crippen LogP contribution in [0.3, 0.4) is 0 Å². The van der Waals surface area contributed by atoms with E-state index in [-0.39, 0.29) is 6.61 Å². The molecule has 0 unspecified atom stereocenters. The fraction of sp³-hybridized carbons (Fsp3) is 0.222. The van der Waals surface area contributed by atoms with E-state index in [0.29, 0.717) is 0 Å². The molecule has 12 heavy (non-hydrogen) atoms. The van der Waals surface area contributed by atoms with Crippen molar-refractivity contribution in [1.29, 1.82) is 0 Å². The lowest BCUT2D eigenvalue weighted by Crippen LogP contribution is -1.87. The van der Waals surface area contributed by atoms with Gasteiger partial charge in [0, 0.05) is 0 Å². The Hall–Kier alpha value is -0.930. The van der Waals surface area contributed by atoms with Crippen molar-refractivity contribution in [3.05, 3.63) is 28.8 Å². The largest absolute Gasteiger partial charge is 0.392 e. The topological polar surface area (TPSA) is 33.1 Å². The quantitative estimate of drug-likeness (QED) is 0.727. The van der Waals surface area contributed by atoms with Crippen LogP contribution in [0.4, 0.5) is 0 Å². The predicted octanol–water partition coefficient (Wildman–Crippen LogP) is 2.10. The lowest BCUT2D eigenvalue weighted by atomic mass is 10.1. The van der Waals surface area contributed by atoms with E-state index in [9.17, 15) is 0 Å². The Bertz CT molecular complexity index is 408. The molecule has 0 fully saturated rings. The Morgan fingerprint density at radius 3 is 3.08 bits per heavy atom. The van der Waals surface area contributed by atoms with Crippen LogP contribution in [-0.4, -0.2) is 10.1 Å². The number of aromatic nitrogens is 1. The maximum Gasteiger partial charge on any atom is 0.0814 e. The molecule has 2 nitrogen and oxygen atoms in total. The molecule has 0 aliphatic heterocycles. The highest BCUT2D eigenvalue weighted by atomic mass is 32.1. The van der Waals surface area contributed by atoms with Crippen LogP contribution in [0.2, 0.25) is 0 Å². The minimum Gasteiger partial charge on any atom is -0.392 e. The van der Waals surface area contributed by atoms with E-state index < -0.39 is 0 Å². The molecule has 62 valence electrons. The molecule has 1 aromatic heterocycles. The maximum atomic E-state index is 9.00. The first-order valence-electron chi connectivity index (χ1n) is 3.75. The number of aliphatic hydroxyl groups is 1. The maximum absolute atomic E-state index is 9.00. The van der Waals surface area contributed by atoms with E-state index in [1.807, 2.05) is 24.6 Å². The van der Waals surface area contributed by atoms with Crippen molar-refractivity contribution in [2.24, 2.45) is 0 Å². The van der Waals surface area contributed by atoms with E-state index >= 15 is 0 Å². The molecule has 3 heteroatoms. The first kappa shape index (κ1) is 7.71. The smallest absolute Gasteiger partial charge is 0.0814 e. The molecule has 0 saturated carbocycles. The number of hydrogen-bond acceptors (Lipinski definition) is 3. The van der Waals surface area contributed by atoms with Crippen LogP contribution in [0.15, 0.2) is 17.6 Å². The summed E-state index contributed by atoms with van der Waals surface area (Å²) < 4.78 is 1.14. The minimum absolute atomic E-state index is 0.111. The van der Waals surface area contributed by atoms with Crippen molar-refractivity contribution in [2.75, 3.05) is 0 Å². The molecule has 0 atom stereocenters. The molecule has 0 spiro atoms. The van der Waals surface area contributed by atoms with Gasteiger partial charge in [-0.3, -0.25) is 0 Å². The zero-order valence-electron chi connectivity index (χ0n) is 6.74. The summed E-state index contributed by atoms with van der Waals surface area (Å²) in [5.74, 6) is 0. The standard InChI is InChI=1S/C9H9NOS/c1-6-2-8-9(12-5-10-8)3-7(6)4-11/h2-3,5,11H,4H2,1H3. The van der Waals surface area contributed by atoms with Crippen LogP contribution in [0.1, 0.15) is 11.1 Å². The third-order valence-corrected chi connectivity index (χ3v) is 2.75. The van der Waals surface area contributed by atoms with E-state index in [2.05, 4.69) is 4.98 Å². The highest BCUT2D eigenvalue weighted by molar-refractivity contribution is 7.16. The lowest BCUT2D eigenvalue weighted by Gasteiger charge is -2.00. The molecule has 0 aliphatic rings. The molecule has 0 aliphatic carbocycles. The number of fused-ring (bicyclic) bond motifs is 1. The van der Waals surface area contributed by atoms with Crippen molar-refractivity contribution in [3.8, 4) is 0 Å². The molecule has 1 aromatic carbocycles. The normalized spacial score (nSPS) is 10.8. The average molecular weight is 179 g/mol.